The van der Waals surface area contributed by atoms with E-state index in [-0.39, 0.29) is 56.9 Å². The van der Waals surface area contributed by atoms with Gasteiger partial charge in [-0.15, -0.1) is 0 Å². The Morgan fingerprint density at radius 3 is 1.00 bits per heavy atom. The van der Waals surface area contributed by atoms with Crippen LogP contribution in [0, 0.1) is 11.8 Å². The van der Waals surface area contributed by atoms with Crippen LogP contribution in [0.1, 0.15) is 76.5 Å². The van der Waals surface area contributed by atoms with Crippen molar-refractivity contribution in [1.82, 2.24) is 57.5 Å². The number of rotatable bonds is 16. The molecule has 4 heterocycles. The second-order valence-corrected chi connectivity index (χ2v) is 21.1. The second kappa shape index (κ2) is 27.5. The first-order chi connectivity index (χ1) is 38.0. The predicted molar refractivity (Wildman–Crippen MR) is 297 cm³/mol. The fraction of sp³-hybridized carbons (Fsp3) is 0.439. The van der Waals surface area contributed by atoms with Crippen LogP contribution >= 0.6 is 0 Å². The second-order valence-electron chi connectivity index (χ2n) is 21.1. The van der Waals surface area contributed by atoms with E-state index in [0.29, 0.717) is 29.5 Å². The van der Waals surface area contributed by atoms with E-state index in [0.717, 1.165) is 32.7 Å². The van der Waals surface area contributed by atoms with E-state index in [1.165, 1.54) is 0 Å². The van der Waals surface area contributed by atoms with Crippen LogP contribution in [0.15, 0.2) is 91.4 Å². The van der Waals surface area contributed by atoms with Crippen LogP contribution in [-0.2, 0) is 57.6 Å². The summed E-state index contributed by atoms with van der Waals surface area (Å²) in [6.07, 6.45) is 5.65. The van der Waals surface area contributed by atoms with Gasteiger partial charge in [0.25, 0.3) is 0 Å². The molecule has 3 aromatic heterocycles. The number of hydrogen-bond acceptors (Lipinski definition) is 11. The van der Waals surface area contributed by atoms with E-state index in [9.17, 15) is 48.6 Å². The highest BCUT2D eigenvalue weighted by Crippen LogP contribution is 2.23. The molecule has 0 radical (unpaired) electrons. The number of H-pyrrole nitrogens is 3. The number of carbonyl (C=O) groups excluding carboxylic acids is 8. The number of fused-ring (bicyclic) bond motifs is 3. The number of benzene rings is 3. The molecular formula is C57H74N12O10. The SMILES string of the molecule is CC(C)C[C@@H]1NC(=O)[C@H](Cc2c[nH]c3ccccc23)NC(=O)[C@H](CC(C)C)NC(=O)[C@H](Cc2c[nH]c3ccccc23)NC(=O)[C@H](CO)NC(=O)[C@H](CCCCN)NC(=O)[C@H](CO)NC(=O)[C@H](Cc2c[nH]c3ccccc23)NC1=O. The van der Waals surface area contributed by atoms with Crippen molar-refractivity contribution in [3.63, 3.8) is 0 Å². The number of aromatic nitrogens is 3. The van der Waals surface area contributed by atoms with E-state index in [1.54, 1.807) is 18.6 Å². The summed E-state index contributed by atoms with van der Waals surface area (Å²) in [5.41, 5.74) is 9.92. The Labute approximate surface area is 457 Å². The molecule has 0 unspecified atom stereocenters. The topological polar surface area (TPSA) is 347 Å². The first kappa shape index (κ1) is 58.6. The van der Waals surface area contributed by atoms with Crippen molar-refractivity contribution in [1.29, 1.82) is 0 Å². The van der Waals surface area contributed by atoms with Gasteiger partial charge in [-0.3, -0.25) is 38.4 Å². The van der Waals surface area contributed by atoms with Crippen molar-refractivity contribution in [2.45, 2.75) is 127 Å². The van der Waals surface area contributed by atoms with E-state index >= 15 is 0 Å². The quantitative estimate of drug-likeness (QED) is 0.0612. The molecule has 6 aromatic rings. The van der Waals surface area contributed by atoms with Gasteiger partial charge >= 0.3 is 0 Å². The Hall–Kier alpha value is -8.08. The lowest BCUT2D eigenvalue weighted by Crippen LogP contribution is -2.62. The first-order valence-electron chi connectivity index (χ1n) is 27.0. The molecule has 0 bridgehead atoms. The van der Waals surface area contributed by atoms with E-state index < -0.39 is 109 Å². The number of aliphatic hydroxyl groups is 2. The molecule has 0 aliphatic carbocycles. The Balaban J connectivity index is 1.29. The molecule has 7 rings (SSSR count). The largest absolute Gasteiger partial charge is 0.394 e. The Morgan fingerprint density at radius 1 is 0.392 bits per heavy atom. The number of nitrogens with one attached hydrogen (secondary N) is 11. The molecule has 8 amide bonds. The number of nitrogens with two attached hydrogens (primary N) is 1. The van der Waals surface area contributed by atoms with E-state index in [2.05, 4.69) is 57.5 Å². The number of aromatic amines is 3. The molecule has 22 nitrogen and oxygen atoms in total. The monoisotopic (exact) mass is 1090 g/mol. The van der Waals surface area contributed by atoms with Crippen LogP contribution in [0.25, 0.3) is 32.7 Å². The van der Waals surface area contributed by atoms with E-state index in [1.807, 2.05) is 100 Å². The van der Waals surface area contributed by atoms with Crippen molar-refractivity contribution < 1.29 is 48.6 Å². The number of aliphatic hydroxyl groups excluding tert-OH is 2. The van der Waals surface area contributed by atoms with Gasteiger partial charge in [0.2, 0.25) is 47.3 Å². The molecule has 22 heteroatoms. The smallest absolute Gasteiger partial charge is 0.245 e. The average molecular weight is 1090 g/mol. The molecule has 1 fully saturated rings. The minimum Gasteiger partial charge on any atom is -0.394 e. The van der Waals surface area contributed by atoms with Gasteiger partial charge in [-0.1, -0.05) is 82.3 Å². The third-order valence-corrected chi connectivity index (χ3v) is 14.1. The summed E-state index contributed by atoms with van der Waals surface area (Å²) < 4.78 is 0. The number of unbranched alkanes of at least 4 members (excludes halogenated alkanes) is 1. The summed E-state index contributed by atoms with van der Waals surface area (Å²) in [7, 11) is 0. The van der Waals surface area contributed by atoms with Crippen LogP contribution in [0.3, 0.4) is 0 Å². The predicted octanol–water partition coefficient (Wildman–Crippen LogP) is 1.26. The minimum absolute atomic E-state index is 0.0175. The zero-order valence-electron chi connectivity index (χ0n) is 44.9. The summed E-state index contributed by atoms with van der Waals surface area (Å²) >= 11 is 0. The number of carbonyl (C=O) groups is 8. The molecular weight excluding hydrogens is 1010 g/mol. The molecule has 1 aliphatic heterocycles. The maximum atomic E-state index is 14.9. The molecule has 422 valence electrons. The number of hydrogen-bond donors (Lipinski definition) is 14. The highest BCUT2D eigenvalue weighted by Gasteiger charge is 2.37. The fourth-order valence-corrected chi connectivity index (χ4v) is 9.92. The third kappa shape index (κ3) is 15.4. The normalized spacial score (nSPS) is 22.9. The molecule has 3 aromatic carbocycles. The van der Waals surface area contributed by atoms with Crippen molar-refractivity contribution in [3.05, 3.63) is 108 Å². The first-order valence-corrected chi connectivity index (χ1v) is 27.0. The van der Waals surface area contributed by atoms with Crippen LogP contribution in [0.5, 0.6) is 0 Å². The van der Waals surface area contributed by atoms with Gasteiger partial charge in [-0.2, -0.15) is 0 Å². The van der Waals surface area contributed by atoms with Crippen LogP contribution in [0.2, 0.25) is 0 Å². The van der Waals surface area contributed by atoms with Gasteiger partial charge in [0.05, 0.1) is 13.2 Å². The summed E-state index contributed by atoms with van der Waals surface area (Å²) in [6, 6.07) is 10.5. The lowest BCUT2D eigenvalue weighted by molar-refractivity contribution is -0.137. The molecule has 79 heavy (non-hydrogen) atoms. The Kier molecular flexibility index (Phi) is 20.4. The summed E-state index contributed by atoms with van der Waals surface area (Å²) in [5.74, 6) is -7.20. The third-order valence-electron chi connectivity index (χ3n) is 14.1. The Morgan fingerprint density at radius 2 is 0.671 bits per heavy atom. The summed E-state index contributed by atoms with van der Waals surface area (Å²) in [6.45, 7) is 5.73. The molecule has 1 saturated heterocycles. The van der Waals surface area contributed by atoms with Crippen LogP contribution < -0.4 is 48.3 Å². The lowest BCUT2D eigenvalue weighted by Gasteiger charge is -2.29. The van der Waals surface area contributed by atoms with Crippen molar-refractivity contribution in [2.75, 3.05) is 19.8 Å². The molecule has 0 spiro atoms. The van der Waals surface area contributed by atoms with Crippen molar-refractivity contribution in [2.24, 2.45) is 17.6 Å². The van der Waals surface area contributed by atoms with Crippen LogP contribution in [-0.4, -0.2) is 141 Å². The minimum atomic E-state index is -1.68. The average Bonchev–Trinajstić information content (AvgIpc) is 4.22. The van der Waals surface area contributed by atoms with Crippen LogP contribution in [0.4, 0.5) is 0 Å². The van der Waals surface area contributed by atoms with Gasteiger partial charge in [-0.05, 0) is 85.4 Å². The lowest BCUT2D eigenvalue weighted by atomic mass is 9.98. The fourth-order valence-electron chi connectivity index (χ4n) is 9.92. The van der Waals surface area contributed by atoms with Gasteiger partial charge < -0.3 is 73.4 Å². The standard InChI is InChI=1S/C57H74N12O10/c1-31(2)21-43-51(73)65-45(23-33-26-59-39-16-8-5-13-36(33)39)53(75)63-44(22-32(3)4)52(74)66-47(25-35-28-61-41-18-10-7-15-38(35)41)55(77)69-48(29-70)56(78)62-42(19-11-12-20-58)50(72)68-49(30-71)57(79)67-46(54(76)64-43)24-34-27-60-40-17-9-6-14-37(34)40/h5-10,13-18,26-28,31-32,42-49,59-61,70-71H,11-12,19-25,29-30,58H2,1-4H3,(H,62,78)(H,63,75)(H,64,76)(H,65,73)(H,66,74)(H,67,79)(H,68,72)(H,69,77)/t42-,43-,44-,45-,46-,47-,48-,49-/m0/s1. The highest BCUT2D eigenvalue weighted by molar-refractivity contribution is 6.00. The number of amides is 8. The summed E-state index contributed by atoms with van der Waals surface area (Å²) in [4.78, 5) is 126. The molecule has 15 N–H and O–H groups in total. The summed E-state index contributed by atoms with van der Waals surface area (Å²) in [5, 5.41) is 45.2. The highest BCUT2D eigenvalue weighted by atomic mass is 16.3. The zero-order chi connectivity index (χ0) is 56.8. The zero-order valence-corrected chi connectivity index (χ0v) is 44.9. The molecule has 1 aliphatic rings. The molecule has 8 atom stereocenters. The molecule has 0 saturated carbocycles. The van der Waals surface area contributed by atoms with Gasteiger partial charge in [0, 0.05) is 70.6 Å². The maximum Gasteiger partial charge on any atom is 0.245 e. The van der Waals surface area contributed by atoms with Gasteiger partial charge in [0.15, 0.2) is 0 Å². The van der Waals surface area contributed by atoms with Gasteiger partial charge in [-0.25, -0.2) is 0 Å². The van der Waals surface area contributed by atoms with Crippen molar-refractivity contribution in [3.8, 4) is 0 Å². The van der Waals surface area contributed by atoms with E-state index in [4.69, 9.17) is 5.73 Å². The van der Waals surface area contributed by atoms with Crippen molar-refractivity contribution >= 4 is 80.0 Å². The maximum absolute atomic E-state index is 14.9. The van der Waals surface area contributed by atoms with Gasteiger partial charge in [0.1, 0.15) is 48.3 Å². The Bertz CT molecular complexity index is 3030. The number of para-hydroxylation sites is 3.